The summed E-state index contributed by atoms with van der Waals surface area (Å²) in [5, 5.41) is 0. The molecule has 0 heterocycles. The van der Waals surface area contributed by atoms with E-state index in [2.05, 4.69) is 20.8 Å². The van der Waals surface area contributed by atoms with Crippen LogP contribution in [0, 0.1) is 0 Å². The van der Waals surface area contributed by atoms with Crippen molar-refractivity contribution < 1.29 is 23.9 Å². The topological polar surface area (TPSA) is 83.8 Å². The van der Waals surface area contributed by atoms with Crippen LogP contribution in [0.1, 0.15) is 136 Å². The highest BCUT2D eigenvalue weighted by molar-refractivity contribution is 7.52. The Morgan fingerprint density at radius 3 is 1.23 bits per heavy atom. The van der Waals surface area contributed by atoms with Crippen LogP contribution < -0.4 is 0 Å². The van der Waals surface area contributed by atoms with Crippen molar-refractivity contribution in [2.45, 2.75) is 136 Å². The van der Waals surface area contributed by atoms with Gasteiger partial charge in [0.15, 0.2) is 0 Å². The monoisotopic (exact) mass is 450 g/mol. The molecule has 182 valence electrons. The van der Waals surface area contributed by atoms with Crippen LogP contribution in [0.25, 0.3) is 0 Å². The summed E-state index contributed by atoms with van der Waals surface area (Å²) in [6, 6.07) is 0. The SMILES string of the molecule is CCCC.CCCCCCCCCCCCCCCCCCOC(=O)CP(=O)(O)O. The van der Waals surface area contributed by atoms with Gasteiger partial charge in [0.1, 0.15) is 6.16 Å². The van der Waals surface area contributed by atoms with Crippen molar-refractivity contribution in [2.75, 3.05) is 12.8 Å². The normalized spacial score (nSPS) is 11.1. The van der Waals surface area contributed by atoms with Crippen molar-refractivity contribution in [3.05, 3.63) is 0 Å². The van der Waals surface area contributed by atoms with Gasteiger partial charge in [0, 0.05) is 0 Å². The number of hydrogen-bond acceptors (Lipinski definition) is 3. The Hall–Kier alpha value is -0.380. The van der Waals surface area contributed by atoms with Gasteiger partial charge in [0.05, 0.1) is 6.61 Å². The van der Waals surface area contributed by atoms with Crippen LogP contribution in [0.3, 0.4) is 0 Å². The molecule has 6 heteroatoms. The number of hydrogen-bond donors (Lipinski definition) is 2. The van der Waals surface area contributed by atoms with Crippen molar-refractivity contribution in [3.63, 3.8) is 0 Å². The highest BCUT2D eigenvalue weighted by Gasteiger charge is 2.19. The van der Waals surface area contributed by atoms with E-state index in [1.165, 1.54) is 96.3 Å². The number of rotatable bonds is 20. The number of carbonyl (C=O) groups excluding carboxylic acids is 1. The highest BCUT2D eigenvalue weighted by atomic mass is 31.2. The lowest BCUT2D eigenvalue weighted by Crippen LogP contribution is -2.10. The third-order valence-corrected chi connectivity index (χ3v) is 5.77. The summed E-state index contributed by atoms with van der Waals surface area (Å²) in [5.41, 5.74) is 0. The minimum Gasteiger partial charge on any atom is -0.465 e. The quantitative estimate of drug-likeness (QED) is 0.112. The van der Waals surface area contributed by atoms with Crippen molar-refractivity contribution in [1.29, 1.82) is 0 Å². The molecule has 2 N–H and O–H groups in total. The summed E-state index contributed by atoms with van der Waals surface area (Å²) in [6.07, 6.45) is 22.4. The third-order valence-electron chi connectivity index (χ3n) is 5.10. The van der Waals surface area contributed by atoms with Gasteiger partial charge in [0.2, 0.25) is 0 Å². The van der Waals surface area contributed by atoms with Crippen molar-refractivity contribution in [2.24, 2.45) is 0 Å². The van der Waals surface area contributed by atoms with Gasteiger partial charge in [-0.15, -0.1) is 0 Å². The summed E-state index contributed by atoms with van der Waals surface area (Å²) in [5.74, 6) is -0.806. The summed E-state index contributed by atoms with van der Waals surface area (Å²) >= 11 is 0. The molecule has 0 atom stereocenters. The molecular formula is C24H51O5P. The fraction of sp³-hybridized carbons (Fsp3) is 0.958. The minimum atomic E-state index is -4.29. The van der Waals surface area contributed by atoms with Crippen LogP contribution in [0.5, 0.6) is 0 Å². The van der Waals surface area contributed by atoms with Crippen LogP contribution in [0.15, 0.2) is 0 Å². The Bertz CT molecular complexity index is 393. The molecule has 30 heavy (non-hydrogen) atoms. The van der Waals surface area contributed by atoms with E-state index < -0.39 is 19.7 Å². The Labute approximate surface area is 186 Å². The standard InChI is InChI=1S/C20H41O5P.C4H10/c1-2-3-4-5-6-7-8-9-10-11-12-13-14-15-16-17-18-25-20(21)19-26(22,23)24;1-3-4-2/h2-19H2,1H3,(H2,22,23,24);3-4H2,1-2H3. The molecule has 0 amide bonds. The minimum absolute atomic E-state index is 0.261. The molecule has 0 radical (unpaired) electrons. The maximum absolute atomic E-state index is 11.1. The summed E-state index contributed by atoms with van der Waals surface area (Å²) in [4.78, 5) is 28.4. The Morgan fingerprint density at radius 2 is 0.933 bits per heavy atom. The predicted octanol–water partition coefficient (Wildman–Crippen LogP) is 7.78. The number of unbranched alkanes of at least 4 members (excludes halogenated alkanes) is 16. The van der Waals surface area contributed by atoms with Crippen LogP contribution >= 0.6 is 7.60 Å². The lowest BCUT2D eigenvalue weighted by molar-refractivity contribution is -0.140. The molecule has 0 saturated carbocycles. The first kappa shape index (κ1) is 31.8. The number of ether oxygens (including phenoxy) is 1. The van der Waals surface area contributed by atoms with Crippen LogP contribution in [-0.2, 0) is 14.1 Å². The van der Waals surface area contributed by atoms with Crippen LogP contribution in [-0.4, -0.2) is 28.5 Å². The van der Waals surface area contributed by atoms with E-state index in [1.54, 1.807) is 0 Å². The molecular weight excluding hydrogens is 399 g/mol. The fourth-order valence-electron chi connectivity index (χ4n) is 3.05. The van der Waals surface area contributed by atoms with Crippen molar-refractivity contribution in [3.8, 4) is 0 Å². The molecule has 0 aromatic heterocycles. The molecule has 0 aliphatic rings. The molecule has 0 aliphatic carbocycles. The molecule has 0 unspecified atom stereocenters. The zero-order valence-electron chi connectivity index (χ0n) is 20.2. The molecule has 0 aromatic carbocycles. The van der Waals surface area contributed by atoms with E-state index in [9.17, 15) is 9.36 Å². The highest BCUT2D eigenvalue weighted by Crippen LogP contribution is 2.33. The second kappa shape index (κ2) is 24.9. The van der Waals surface area contributed by atoms with Gasteiger partial charge in [0.25, 0.3) is 0 Å². The van der Waals surface area contributed by atoms with Gasteiger partial charge < -0.3 is 14.5 Å². The Morgan fingerprint density at radius 1 is 0.600 bits per heavy atom. The van der Waals surface area contributed by atoms with E-state index in [0.717, 1.165) is 19.3 Å². The molecule has 0 fully saturated rings. The fourth-order valence-corrected chi connectivity index (χ4v) is 3.48. The van der Waals surface area contributed by atoms with Gasteiger partial charge in [-0.05, 0) is 6.42 Å². The summed E-state index contributed by atoms with van der Waals surface area (Å²) in [7, 11) is -4.29. The smallest absolute Gasteiger partial charge is 0.336 e. The van der Waals surface area contributed by atoms with Gasteiger partial charge in [-0.3, -0.25) is 9.36 Å². The molecule has 0 rings (SSSR count). The first-order valence-corrected chi connectivity index (χ1v) is 14.4. The van der Waals surface area contributed by atoms with Crippen molar-refractivity contribution in [1.82, 2.24) is 0 Å². The maximum atomic E-state index is 11.1. The van der Waals surface area contributed by atoms with Crippen LogP contribution in [0.2, 0.25) is 0 Å². The average molecular weight is 451 g/mol. The second-order valence-electron chi connectivity index (χ2n) is 8.35. The Balaban J connectivity index is 0. The molecule has 5 nitrogen and oxygen atoms in total. The molecule has 0 spiro atoms. The molecule has 0 saturated heterocycles. The average Bonchev–Trinajstić information content (AvgIpc) is 2.69. The van der Waals surface area contributed by atoms with Gasteiger partial charge >= 0.3 is 13.6 Å². The largest absolute Gasteiger partial charge is 0.465 e. The van der Waals surface area contributed by atoms with E-state index >= 15 is 0 Å². The van der Waals surface area contributed by atoms with Gasteiger partial charge in [-0.2, -0.15) is 0 Å². The van der Waals surface area contributed by atoms with Crippen LogP contribution in [0.4, 0.5) is 0 Å². The second-order valence-corrected chi connectivity index (χ2v) is 9.99. The molecule has 0 aliphatic heterocycles. The zero-order chi connectivity index (χ0) is 22.9. The predicted molar refractivity (Wildman–Crippen MR) is 128 cm³/mol. The lowest BCUT2D eigenvalue weighted by Gasteiger charge is -2.06. The first-order chi connectivity index (χ1) is 14.4. The zero-order valence-corrected chi connectivity index (χ0v) is 21.1. The number of carbonyl (C=O) groups is 1. The summed E-state index contributed by atoms with van der Waals surface area (Å²) < 4.78 is 15.4. The van der Waals surface area contributed by atoms with E-state index in [1.807, 2.05) is 0 Å². The molecule has 0 aromatic rings. The van der Waals surface area contributed by atoms with E-state index in [-0.39, 0.29) is 6.61 Å². The third kappa shape index (κ3) is 32.3. The molecule has 0 bridgehead atoms. The maximum Gasteiger partial charge on any atom is 0.336 e. The van der Waals surface area contributed by atoms with Crippen molar-refractivity contribution >= 4 is 13.6 Å². The summed E-state index contributed by atoms with van der Waals surface area (Å²) in [6.45, 7) is 6.88. The Kier molecular flexibility index (Phi) is 26.4. The number of esters is 1. The van der Waals surface area contributed by atoms with E-state index in [4.69, 9.17) is 14.5 Å². The lowest BCUT2D eigenvalue weighted by atomic mass is 10.0. The van der Waals surface area contributed by atoms with Gasteiger partial charge in [-0.1, -0.05) is 130 Å². The van der Waals surface area contributed by atoms with Gasteiger partial charge in [-0.25, -0.2) is 0 Å². The first-order valence-electron chi connectivity index (χ1n) is 12.6. The van der Waals surface area contributed by atoms with E-state index in [0.29, 0.717) is 0 Å².